The molecule has 1 fully saturated rings. The molecule has 0 bridgehead atoms. The van der Waals surface area contributed by atoms with Crippen molar-refractivity contribution in [3.05, 3.63) is 58.7 Å². The van der Waals surface area contributed by atoms with E-state index in [1.165, 1.54) is 5.56 Å². The molecule has 1 N–H and O–H groups in total. The van der Waals surface area contributed by atoms with E-state index in [9.17, 15) is 9.59 Å². The molecule has 1 aliphatic heterocycles. The van der Waals surface area contributed by atoms with E-state index in [2.05, 4.69) is 12.2 Å². The lowest BCUT2D eigenvalue weighted by atomic mass is 10.1. The van der Waals surface area contributed by atoms with E-state index in [0.29, 0.717) is 5.56 Å². The number of carbonyl (C=O) groups excluding carboxylic acids is 2. The van der Waals surface area contributed by atoms with Crippen LogP contribution in [0.3, 0.4) is 0 Å². The Bertz CT molecular complexity index is 868. The van der Waals surface area contributed by atoms with Crippen molar-refractivity contribution in [1.82, 2.24) is 0 Å². The topological polar surface area (TPSA) is 49.4 Å². The molecule has 0 spiro atoms. The summed E-state index contributed by atoms with van der Waals surface area (Å²) in [7, 11) is 0. The number of hydrogen-bond acceptors (Lipinski definition) is 2. The van der Waals surface area contributed by atoms with E-state index < -0.39 is 0 Å². The average Bonchev–Trinajstić information content (AvgIpc) is 3.36. The molecule has 0 saturated heterocycles. The largest absolute Gasteiger partial charge is 0.322 e. The summed E-state index contributed by atoms with van der Waals surface area (Å²) in [6, 6.07) is 11.6. The van der Waals surface area contributed by atoms with Gasteiger partial charge in [0, 0.05) is 29.4 Å². The van der Waals surface area contributed by atoms with Gasteiger partial charge in [0.2, 0.25) is 5.91 Å². The number of nitrogens with one attached hydrogen (secondary N) is 1. The molecule has 2 aromatic carbocycles. The molecule has 4 nitrogen and oxygen atoms in total. The summed E-state index contributed by atoms with van der Waals surface area (Å²) < 4.78 is 0. The number of hydrogen-bond donors (Lipinski definition) is 1. The third kappa shape index (κ3) is 3.04. The van der Waals surface area contributed by atoms with Crippen LogP contribution in [-0.2, 0) is 11.2 Å². The molecule has 2 aliphatic rings. The molecule has 1 heterocycles. The van der Waals surface area contributed by atoms with Crippen LogP contribution in [-0.4, -0.2) is 18.4 Å². The summed E-state index contributed by atoms with van der Waals surface area (Å²) in [5, 5.41) is 2.96. The standard InChI is InChI=1S/C21H22N2O2/c1-13-3-7-18(11-14(13)2)22-20(24)17-6-8-19-16(12-17)9-10-23(19)21(25)15-4-5-15/h3,6-8,11-12,15H,4-5,9-10H2,1-2H3,(H,22,24). The zero-order chi connectivity index (χ0) is 17.6. The minimum atomic E-state index is -0.113. The Hall–Kier alpha value is -2.62. The number of amides is 2. The first kappa shape index (κ1) is 15.9. The maximum absolute atomic E-state index is 12.6. The van der Waals surface area contributed by atoms with Crippen molar-refractivity contribution < 1.29 is 9.59 Å². The Morgan fingerprint density at radius 3 is 2.56 bits per heavy atom. The second-order valence-electron chi connectivity index (χ2n) is 7.11. The molecule has 1 saturated carbocycles. The van der Waals surface area contributed by atoms with Gasteiger partial charge in [0.05, 0.1) is 0 Å². The Balaban J connectivity index is 1.52. The first-order valence-corrected chi connectivity index (χ1v) is 8.86. The molecule has 0 unspecified atom stereocenters. The van der Waals surface area contributed by atoms with E-state index in [1.54, 1.807) is 0 Å². The Morgan fingerprint density at radius 1 is 1.04 bits per heavy atom. The molecule has 0 radical (unpaired) electrons. The van der Waals surface area contributed by atoms with Crippen LogP contribution in [0, 0.1) is 19.8 Å². The summed E-state index contributed by atoms with van der Waals surface area (Å²) in [5.41, 5.74) is 5.86. The third-order valence-corrected chi connectivity index (χ3v) is 5.19. The van der Waals surface area contributed by atoms with Crippen LogP contribution in [0.25, 0.3) is 0 Å². The van der Waals surface area contributed by atoms with E-state index >= 15 is 0 Å². The van der Waals surface area contributed by atoms with Crippen molar-refractivity contribution >= 4 is 23.2 Å². The highest BCUT2D eigenvalue weighted by atomic mass is 16.2. The van der Waals surface area contributed by atoms with Crippen LogP contribution >= 0.6 is 0 Å². The van der Waals surface area contributed by atoms with Gasteiger partial charge in [-0.2, -0.15) is 0 Å². The van der Waals surface area contributed by atoms with Crippen molar-refractivity contribution in [2.45, 2.75) is 33.1 Å². The average molecular weight is 334 g/mol. The second-order valence-corrected chi connectivity index (χ2v) is 7.11. The highest BCUT2D eigenvalue weighted by Gasteiger charge is 2.36. The van der Waals surface area contributed by atoms with Gasteiger partial charge in [0.25, 0.3) is 5.91 Å². The number of anilines is 2. The van der Waals surface area contributed by atoms with E-state index in [1.807, 2.05) is 48.2 Å². The smallest absolute Gasteiger partial charge is 0.255 e. The molecule has 25 heavy (non-hydrogen) atoms. The van der Waals surface area contributed by atoms with E-state index in [0.717, 1.165) is 48.3 Å². The number of nitrogens with zero attached hydrogens (tertiary/aromatic N) is 1. The van der Waals surface area contributed by atoms with Crippen molar-refractivity contribution in [3.63, 3.8) is 0 Å². The van der Waals surface area contributed by atoms with Crippen LogP contribution in [0.15, 0.2) is 36.4 Å². The molecule has 0 aromatic heterocycles. The Morgan fingerprint density at radius 2 is 1.84 bits per heavy atom. The monoisotopic (exact) mass is 334 g/mol. The van der Waals surface area contributed by atoms with Crippen molar-refractivity contribution in [2.24, 2.45) is 5.92 Å². The highest BCUT2D eigenvalue weighted by molar-refractivity contribution is 6.05. The van der Waals surface area contributed by atoms with Gasteiger partial charge >= 0.3 is 0 Å². The Kier molecular flexibility index (Phi) is 3.83. The van der Waals surface area contributed by atoms with Gasteiger partial charge in [0.15, 0.2) is 0 Å². The summed E-state index contributed by atoms with van der Waals surface area (Å²) in [4.78, 5) is 26.8. The lowest BCUT2D eigenvalue weighted by Crippen LogP contribution is -2.30. The second kappa shape index (κ2) is 6.03. The van der Waals surface area contributed by atoms with E-state index in [4.69, 9.17) is 0 Å². The highest BCUT2D eigenvalue weighted by Crippen LogP contribution is 2.36. The predicted octanol–water partition coefficient (Wildman–Crippen LogP) is 3.85. The maximum atomic E-state index is 12.6. The van der Waals surface area contributed by atoms with Gasteiger partial charge in [-0.1, -0.05) is 6.07 Å². The van der Waals surface area contributed by atoms with Crippen LogP contribution < -0.4 is 10.2 Å². The van der Waals surface area contributed by atoms with Crippen molar-refractivity contribution in [3.8, 4) is 0 Å². The first-order chi connectivity index (χ1) is 12.0. The molecule has 1 aliphatic carbocycles. The summed E-state index contributed by atoms with van der Waals surface area (Å²) in [6.45, 7) is 4.81. The fraction of sp³-hybridized carbons (Fsp3) is 0.333. The van der Waals surface area contributed by atoms with Gasteiger partial charge < -0.3 is 10.2 Å². The fourth-order valence-electron chi connectivity index (χ4n) is 3.35. The molecular weight excluding hydrogens is 312 g/mol. The van der Waals surface area contributed by atoms with Crippen molar-refractivity contribution in [1.29, 1.82) is 0 Å². The van der Waals surface area contributed by atoms with Gasteiger partial charge in [-0.25, -0.2) is 0 Å². The molecule has 0 atom stereocenters. The fourth-order valence-corrected chi connectivity index (χ4v) is 3.35. The van der Waals surface area contributed by atoms with Crippen LogP contribution in [0.4, 0.5) is 11.4 Å². The van der Waals surface area contributed by atoms with Crippen LogP contribution in [0.1, 0.15) is 39.9 Å². The molecule has 2 amide bonds. The number of fused-ring (bicyclic) bond motifs is 1. The van der Waals surface area contributed by atoms with E-state index in [-0.39, 0.29) is 17.7 Å². The lowest BCUT2D eigenvalue weighted by molar-refractivity contribution is -0.119. The van der Waals surface area contributed by atoms with Gasteiger partial charge in [-0.05, 0) is 80.1 Å². The summed E-state index contributed by atoms with van der Waals surface area (Å²) >= 11 is 0. The Labute approximate surface area is 147 Å². The minimum Gasteiger partial charge on any atom is -0.322 e. The molecule has 2 aromatic rings. The van der Waals surface area contributed by atoms with Gasteiger partial charge in [-0.3, -0.25) is 9.59 Å². The minimum absolute atomic E-state index is 0.113. The number of carbonyl (C=O) groups is 2. The van der Waals surface area contributed by atoms with Crippen molar-refractivity contribution in [2.75, 3.05) is 16.8 Å². The maximum Gasteiger partial charge on any atom is 0.255 e. The molecule has 128 valence electrons. The van der Waals surface area contributed by atoms with Crippen LogP contribution in [0.5, 0.6) is 0 Å². The number of benzene rings is 2. The summed E-state index contributed by atoms with van der Waals surface area (Å²) in [6.07, 6.45) is 2.85. The zero-order valence-electron chi connectivity index (χ0n) is 14.6. The van der Waals surface area contributed by atoms with Gasteiger partial charge in [0.1, 0.15) is 0 Å². The summed E-state index contributed by atoms with van der Waals surface area (Å²) in [5.74, 6) is 0.350. The SMILES string of the molecule is Cc1ccc(NC(=O)c2ccc3c(c2)CCN3C(=O)C2CC2)cc1C. The molecular formula is C21H22N2O2. The molecule has 4 heteroatoms. The third-order valence-electron chi connectivity index (χ3n) is 5.19. The normalized spacial score (nSPS) is 15.8. The number of aryl methyl sites for hydroxylation is 2. The van der Waals surface area contributed by atoms with Crippen LogP contribution in [0.2, 0.25) is 0 Å². The quantitative estimate of drug-likeness (QED) is 0.927. The lowest BCUT2D eigenvalue weighted by Gasteiger charge is -2.17. The predicted molar refractivity (Wildman–Crippen MR) is 99.1 cm³/mol. The number of rotatable bonds is 3. The zero-order valence-corrected chi connectivity index (χ0v) is 14.6. The first-order valence-electron chi connectivity index (χ1n) is 8.86. The molecule has 4 rings (SSSR count). The van der Waals surface area contributed by atoms with Gasteiger partial charge in [-0.15, -0.1) is 0 Å².